The van der Waals surface area contributed by atoms with Gasteiger partial charge in [-0.15, -0.1) is 0 Å². The molecule has 0 atom stereocenters. The van der Waals surface area contributed by atoms with E-state index >= 15 is 0 Å². The molecule has 0 aliphatic rings. The Morgan fingerprint density at radius 2 is 2.04 bits per heavy atom. The van der Waals surface area contributed by atoms with Crippen LogP contribution in [0.1, 0.15) is 11.1 Å². The molecule has 1 heterocycles. The number of hydrogen-bond donors (Lipinski definition) is 2. The number of furan rings is 1. The minimum Gasteiger partial charge on any atom is -0.508 e. The molecule has 1 aromatic heterocycles. The summed E-state index contributed by atoms with van der Waals surface area (Å²) < 4.78 is 23.9. The molecule has 0 bridgehead atoms. The number of carbonyl (C=O) groups is 2. The third-order valence-corrected chi connectivity index (χ3v) is 3.74. The Bertz CT molecular complexity index is 979. The lowest BCUT2D eigenvalue weighted by molar-refractivity contribution is -0.146. The van der Waals surface area contributed by atoms with E-state index in [1.54, 1.807) is 19.1 Å². The lowest BCUT2D eigenvalue weighted by atomic mass is 10.1. The van der Waals surface area contributed by atoms with E-state index in [2.05, 4.69) is 5.32 Å². The molecule has 0 radical (unpaired) electrons. The van der Waals surface area contributed by atoms with Crippen LogP contribution in [0.5, 0.6) is 5.75 Å². The van der Waals surface area contributed by atoms with Gasteiger partial charge in [0.1, 0.15) is 17.1 Å². The molecule has 134 valence electrons. The Morgan fingerprint density at radius 3 is 2.81 bits per heavy atom. The lowest BCUT2D eigenvalue weighted by Gasteiger charge is -2.08. The molecular formula is C19H16FNO5. The van der Waals surface area contributed by atoms with Crippen molar-refractivity contribution < 1.29 is 28.2 Å². The Balaban J connectivity index is 1.55. The molecule has 2 N–H and O–H groups in total. The number of ether oxygens (including phenoxy) is 1. The van der Waals surface area contributed by atoms with Gasteiger partial charge >= 0.3 is 5.97 Å². The maximum absolute atomic E-state index is 13.7. The van der Waals surface area contributed by atoms with E-state index < -0.39 is 24.3 Å². The van der Waals surface area contributed by atoms with Crippen LogP contribution >= 0.6 is 0 Å². The molecular weight excluding hydrogens is 341 g/mol. The molecule has 0 unspecified atom stereocenters. The van der Waals surface area contributed by atoms with Gasteiger partial charge in [-0.25, -0.2) is 4.39 Å². The van der Waals surface area contributed by atoms with Crippen molar-refractivity contribution in [3.05, 3.63) is 59.6 Å². The smallest absolute Gasteiger partial charge is 0.310 e. The van der Waals surface area contributed by atoms with Crippen LogP contribution in [-0.4, -0.2) is 23.6 Å². The van der Waals surface area contributed by atoms with Crippen molar-refractivity contribution in [1.29, 1.82) is 0 Å². The van der Waals surface area contributed by atoms with Gasteiger partial charge in [0.25, 0.3) is 5.91 Å². The van der Waals surface area contributed by atoms with E-state index in [4.69, 9.17) is 9.15 Å². The van der Waals surface area contributed by atoms with Gasteiger partial charge in [0, 0.05) is 17.0 Å². The standard InChI is InChI=1S/C19H16FNO5/c1-11-2-5-16(15(20)6-11)21-18(23)10-26-19(24)7-12-9-25-17-8-13(22)3-4-14(12)17/h2-6,8-9,22H,7,10H2,1H3,(H,21,23). The van der Waals surface area contributed by atoms with Gasteiger partial charge in [-0.1, -0.05) is 6.07 Å². The van der Waals surface area contributed by atoms with Crippen molar-refractivity contribution in [2.24, 2.45) is 0 Å². The first-order chi connectivity index (χ1) is 12.4. The second-order valence-electron chi connectivity index (χ2n) is 5.81. The number of esters is 1. The summed E-state index contributed by atoms with van der Waals surface area (Å²) in [7, 11) is 0. The van der Waals surface area contributed by atoms with Crippen LogP contribution in [-0.2, 0) is 20.7 Å². The minimum atomic E-state index is -0.636. The molecule has 6 nitrogen and oxygen atoms in total. The Labute approximate surface area is 148 Å². The number of benzene rings is 2. The lowest BCUT2D eigenvalue weighted by Crippen LogP contribution is -2.22. The van der Waals surface area contributed by atoms with Gasteiger partial charge in [0.05, 0.1) is 18.4 Å². The Hall–Kier alpha value is -3.35. The number of amides is 1. The molecule has 0 aliphatic heterocycles. The largest absolute Gasteiger partial charge is 0.508 e. The van der Waals surface area contributed by atoms with Gasteiger partial charge in [-0.3, -0.25) is 9.59 Å². The number of hydrogen-bond acceptors (Lipinski definition) is 5. The van der Waals surface area contributed by atoms with E-state index in [1.807, 2.05) is 0 Å². The molecule has 3 rings (SSSR count). The molecule has 7 heteroatoms. The third kappa shape index (κ3) is 4.00. The number of aryl methyl sites for hydroxylation is 1. The van der Waals surface area contributed by atoms with Crippen LogP contribution in [0.2, 0.25) is 0 Å². The number of rotatable bonds is 5. The number of fused-ring (bicyclic) bond motifs is 1. The third-order valence-electron chi connectivity index (χ3n) is 3.74. The van der Waals surface area contributed by atoms with Crippen molar-refractivity contribution in [2.75, 3.05) is 11.9 Å². The van der Waals surface area contributed by atoms with Crippen molar-refractivity contribution >= 4 is 28.5 Å². The second-order valence-corrected chi connectivity index (χ2v) is 5.81. The Kier molecular flexibility index (Phi) is 4.88. The molecule has 26 heavy (non-hydrogen) atoms. The summed E-state index contributed by atoms with van der Waals surface area (Å²) in [4.78, 5) is 23.7. The summed E-state index contributed by atoms with van der Waals surface area (Å²) in [6.07, 6.45) is 1.30. The molecule has 1 amide bonds. The van der Waals surface area contributed by atoms with Crippen molar-refractivity contribution in [3.8, 4) is 5.75 Å². The van der Waals surface area contributed by atoms with Crippen molar-refractivity contribution in [2.45, 2.75) is 13.3 Å². The summed E-state index contributed by atoms with van der Waals surface area (Å²) >= 11 is 0. The highest BCUT2D eigenvalue weighted by molar-refractivity contribution is 5.93. The quantitative estimate of drug-likeness (QED) is 0.684. The average Bonchev–Trinajstić information content (AvgIpc) is 2.97. The van der Waals surface area contributed by atoms with E-state index in [9.17, 15) is 19.1 Å². The average molecular weight is 357 g/mol. The van der Waals surface area contributed by atoms with Gasteiger partial charge < -0.3 is 19.6 Å². The van der Waals surface area contributed by atoms with E-state index in [-0.39, 0.29) is 17.9 Å². The zero-order valence-corrected chi connectivity index (χ0v) is 13.9. The molecule has 0 saturated heterocycles. The van der Waals surface area contributed by atoms with Gasteiger partial charge in [0.15, 0.2) is 6.61 Å². The van der Waals surface area contributed by atoms with Crippen LogP contribution in [0.15, 0.2) is 47.1 Å². The van der Waals surface area contributed by atoms with Crippen LogP contribution < -0.4 is 5.32 Å². The van der Waals surface area contributed by atoms with Crippen LogP contribution in [0.25, 0.3) is 11.0 Å². The van der Waals surface area contributed by atoms with E-state index in [0.29, 0.717) is 16.5 Å². The number of halogens is 1. The summed E-state index contributed by atoms with van der Waals surface area (Å²) in [5, 5.41) is 12.4. The summed E-state index contributed by atoms with van der Waals surface area (Å²) in [6.45, 7) is 1.21. The summed E-state index contributed by atoms with van der Waals surface area (Å²) in [5.74, 6) is -1.76. The van der Waals surface area contributed by atoms with Crippen LogP contribution in [0.3, 0.4) is 0 Å². The molecule has 2 aromatic carbocycles. The molecule has 0 spiro atoms. The predicted octanol–water partition coefficient (Wildman–Crippen LogP) is 3.31. The molecule has 3 aromatic rings. The summed E-state index contributed by atoms with van der Waals surface area (Å²) in [6, 6.07) is 8.95. The van der Waals surface area contributed by atoms with Crippen LogP contribution in [0.4, 0.5) is 10.1 Å². The summed E-state index contributed by atoms with van der Waals surface area (Å²) in [5.41, 5.74) is 1.78. The topological polar surface area (TPSA) is 88.8 Å². The number of nitrogens with one attached hydrogen (secondary N) is 1. The first kappa shape index (κ1) is 17.5. The van der Waals surface area contributed by atoms with Gasteiger partial charge in [-0.2, -0.15) is 0 Å². The second kappa shape index (κ2) is 7.26. The Morgan fingerprint density at radius 1 is 1.23 bits per heavy atom. The molecule has 0 saturated carbocycles. The molecule has 0 fully saturated rings. The SMILES string of the molecule is Cc1ccc(NC(=O)COC(=O)Cc2coc3cc(O)ccc23)c(F)c1. The maximum atomic E-state index is 13.7. The minimum absolute atomic E-state index is 0.0253. The molecule has 0 aliphatic carbocycles. The monoisotopic (exact) mass is 357 g/mol. The number of anilines is 1. The maximum Gasteiger partial charge on any atom is 0.310 e. The highest BCUT2D eigenvalue weighted by Crippen LogP contribution is 2.25. The highest BCUT2D eigenvalue weighted by atomic mass is 19.1. The fourth-order valence-corrected chi connectivity index (χ4v) is 2.47. The first-order valence-electron chi connectivity index (χ1n) is 7.83. The fraction of sp³-hybridized carbons (Fsp3) is 0.158. The van der Waals surface area contributed by atoms with E-state index in [0.717, 1.165) is 5.56 Å². The van der Waals surface area contributed by atoms with E-state index in [1.165, 1.54) is 30.5 Å². The zero-order chi connectivity index (χ0) is 18.7. The predicted molar refractivity (Wildman–Crippen MR) is 92.3 cm³/mol. The first-order valence-corrected chi connectivity index (χ1v) is 7.83. The van der Waals surface area contributed by atoms with Gasteiger partial charge in [-0.05, 0) is 36.8 Å². The van der Waals surface area contributed by atoms with Crippen molar-refractivity contribution in [1.82, 2.24) is 0 Å². The number of phenolic OH excluding ortho intramolecular Hbond substituents is 1. The highest BCUT2D eigenvalue weighted by Gasteiger charge is 2.14. The van der Waals surface area contributed by atoms with Crippen LogP contribution in [0, 0.1) is 12.7 Å². The number of aromatic hydroxyl groups is 1. The van der Waals surface area contributed by atoms with Crippen molar-refractivity contribution in [3.63, 3.8) is 0 Å². The zero-order valence-electron chi connectivity index (χ0n) is 13.9. The van der Waals surface area contributed by atoms with Gasteiger partial charge in [0.2, 0.25) is 0 Å². The fourth-order valence-electron chi connectivity index (χ4n) is 2.47. The normalized spacial score (nSPS) is 10.7. The number of phenols is 1. The number of carbonyl (C=O) groups excluding carboxylic acids is 2.